The number of benzene rings is 1. The van der Waals surface area contributed by atoms with Crippen LogP contribution >= 0.6 is 0 Å². The Morgan fingerprint density at radius 3 is 2.78 bits per heavy atom. The molecule has 0 radical (unpaired) electrons. The second-order valence-electron chi connectivity index (χ2n) is 7.25. The number of carbonyl (C=O) groups is 1. The lowest BCUT2D eigenvalue weighted by Gasteiger charge is -2.20. The Morgan fingerprint density at radius 1 is 1.11 bits per heavy atom. The molecule has 1 aliphatic carbocycles. The minimum atomic E-state index is -0.238. The summed E-state index contributed by atoms with van der Waals surface area (Å²) in [4.78, 5) is 26.6. The lowest BCUT2D eigenvalue weighted by Crippen LogP contribution is -2.36. The molecule has 1 aromatic heterocycles. The number of ether oxygens (including phenoxy) is 2. The zero-order valence-electron chi connectivity index (χ0n) is 15.7. The third kappa shape index (κ3) is 3.58. The monoisotopic (exact) mass is 371 g/mol. The number of aryl methyl sites for hydroxylation is 2. The molecule has 2 aliphatic rings. The van der Waals surface area contributed by atoms with Crippen LogP contribution in [0.1, 0.15) is 36.0 Å². The van der Waals surface area contributed by atoms with Crippen molar-refractivity contribution in [2.45, 2.75) is 39.0 Å². The lowest BCUT2D eigenvalue weighted by atomic mass is 9.90. The van der Waals surface area contributed by atoms with Gasteiger partial charge < -0.3 is 18.8 Å². The lowest BCUT2D eigenvalue weighted by molar-refractivity contribution is -0.133. The summed E-state index contributed by atoms with van der Waals surface area (Å²) in [6.45, 7) is 4.40. The van der Waals surface area contributed by atoms with Crippen molar-refractivity contribution >= 4 is 16.9 Å². The normalized spacial score (nSPS) is 17.4. The average Bonchev–Trinajstić information content (AvgIpc) is 2.98. The molecule has 1 amide bonds. The summed E-state index contributed by atoms with van der Waals surface area (Å²) in [6.07, 6.45) is 4.67. The van der Waals surface area contributed by atoms with Gasteiger partial charge in [-0.15, -0.1) is 0 Å². The summed E-state index contributed by atoms with van der Waals surface area (Å²) < 4.78 is 16.8. The van der Waals surface area contributed by atoms with E-state index in [0.29, 0.717) is 37.6 Å². The van der Waals surface area contributed by atoms with Crippen molar-refractivity contribution in [2.75, 3.05) is 32.9 Å². The highest BCUT2D eigenvalue weighted by Crippen LogP contribution is 2.32. The Hall–Kier alpha value is -2.34. The first kappa shape index (κ1) is 18.0. The number of rotatable bonds is 3. The zero-order chi connectivity index (χ0) is 18.8. The number of nitrogens with zero attached hydrogens (tertiary/aromatic N) is 1. The first-order valence-electron chi connectivity index (χ1n) is 9.71. The molecule has 0 unspecified atom stereocenters. The first-order chi connectivity index (χ1) is 13.1. The third-order valence-corrected chi connectivity index (χ3v) is 5.52. The van der Waals surface area contributed by atoms with Gasteiger partial charge in [0.15, 0.2) is 6.61 Å². The molecule has 0 spiro atoms. The van der Waals surface area contributed by atoms with Crippen LogP contribution in [0.4, 0.5) is 0 Å². The van der Waals surface area contributed by atoms with Crippen molar-refractivity contribution in [3.8, 4) is 5.75 Å². The smallest absolute Gasteiger partial charge is 0.339 e. The number of hydrogen-bond acceptors (Lipinski definition) is 5. The van der Waals surface area contributed by atoms with Gasteiger partial charge in [0.25, 0.3) is 5.91 Å². The van der Waals surface area contributed by atoms with Gasteiger partial charge in [-0.2, -0.15) is 0 Å². The van der Waals surface area contributed by atoms with E-state index in [1.54, 1.807) is 4.90 Å². The number of carbonyl (C=O) groups excluding carboxylic acids is 1. The molecule has 1 fully saturated rings. The van der Waals surface area contributed by atoms with Crippen LogP contribution in [0.5, 0.6) is 5.75 Å². The van der Waals surface area contributed by atoms with Gasteiger partial charge in [-0.3, -0.25) is 4.79 Å². The summed E-state index contributed by atoms with van der Waals surface area (Å²) in [5, 5.41) is 0.991. The molecule has 0 bridgehead atoms. The van der Waals surface area contributed by atoms with E-state index in [1.807, 2.05) is 19.1 Å². The van der Waals surface area contributed by atoms with E-state index >= 15 is 0 Å². The summed E-state index contributed by atoms with van der Waals surface area (Å²) >= 11 is 0. The van der Waals surface area contributed by atoms with Crippen molar-refractivity contribution < 1.29 is 18.7 Å². The van der Waals surface area contributed by atoms with Gasteiger partial charge in [0, 0.05) is 36.2 Å². The number of amides is 1. The predicted molar refractivity (Wildman–Crippen MR) is 101 cm³/mol. The van der Waals surface area contributed by atoms with Gasteiger partial charge in [-0.25, -0.2) is 4.79 Å². The molecular weight excluding hydrogens is 346 g/mol. The van der Waals surface area contributed by atoms with Crippen LogP contribution in [-0.2, 0) is 22.4 Å². The molecule has 1 aromatic carbocycles. The van der Waals surface area contributed by atoms with Crippen LogP contribution in [0.25, 0.3) is 11.0 Å². The minimum absolute atomic E-state index is 0.0263. The molecule has 4 rings (SSSR count). The topological polar surface area (TPSA) is 69.0 Å². The van der Waals surface area contributed by atoms with Gasteiger partial charge in [0.1, 0.15) is 11.3 Å². The molecule has 0 atom stereocenters. The molecule has 1 saturated heterocycles. The van der Waals surface area contributed by atoms with E-state index in [9.17, 15) is 9.59 Å². The number of hydrogen-bond donors (Lipinski definition) is 0. The van der Waals surface area contributed by atoms with Gasteiger partial charge in [0.05, 0.1) is 6.61 Å². The molecule has 2 heterocycles. The second kappa shape index (κ2) is 7.72. The van der Waals surface area contributed by atoms with Crippen LogP contribution in [0, 0.1) is 6.92 Å². The Morgan fingerprint density at radius 2 is 1.93 bits per heavy atom. The quantitative estimate of drug-likeness (QED) is 0.776. The van der Waals surface area contributed by atoms with Gasteiger partial charge in [-0.1, -0.05) is 0 Å². The maximum atomic E-state index is 12.4. The van der Waals surface area contributed by atoms with E-state index in [2.05, 4.69) is 0 Å². The van der Waals surface area contributed by atoms with Crippen LogP contribution in [0.3, 0.4) is 0 Å². The predicted octanol–water partition coefficient (Wildman–Crippen LogP) is 2.61. The van der Waals surface area contributed by atoms with Crippen molar-refractivity contribution in [1.82, 2.24) is 4.90 Å². The maximum Gasteiger partial charge on any atom is 0.339 e. The van der Waals surface area contributed by atoms with Crippen molar-refractivity contribution in [2.24, 2.45) is 0 Å². The first-order valence-corrected chi connectivity index (χ1v) is 9.71. The highest BCUT2D eigenvalue weighted by Gasteiger charge is 2.21. The molecule has 27 heavy (non-hydrogen) atoms. The van der Waals surface area contributed by atoms with Crippen LogP contribution in [-0.4, -0.2) is 43.7 Å². The molecule has 144 valence electrons. The Kier molecular flexibility index (Phi) is 5.16. The van der Waals surface area contributed by atoms with E-state index in [-0.39, 0.29) is 18.1 Å². The van der Waals surface area contributed by atoms with E-state index < -0.39 is 0 Å². The fraction of sp³-hybridized carbons (Fsp3) is 0.524. The van der Waals surface area contributed by atoms with E-state index in [1.165, 1.54) is 0 Å². The average molecular weight is 371 g/mol. The molecule has 0 N–H and O–H groups in total. The van der Waals surface area contributed by atoms with Crippen molar-refractivity contribution in [1.29, 1.82) is 0 Å². The largest absolute Gasteiger partial charge is 0.483 e. The molecule has 0 saturated carbocycles. The highest BCUT2D eigenvalue weighted by atomic mass is 16.5. The van der Waals surface area contributed by atoms with Crippen molar-refractivity contribution in [3.63, 3.8) is 0 Å². The minimum Gasteiger partial charge on any atom is -0.483 e. The van der Waals surface area contributed by atoms with Gasteiger partial charge >= 0.3 is 5.63 Å². The fourth-order valence-corrected chi connectivity index (χ4v) is 4.01. The molecule has 2 aromatic rings. The maximum absolute atomic E-state index is 12.4. The summed E-state index contributed by atoms with van der Waals surface area (Å²) in [6, 6.07) is 3.83. The van der Waals surface area contributed by atoms with Crippen molar-refractivity contribution in [3.05, 3.63) is 39.2 Å². The Bertz CT molecular complexity index is 909. The molecule has 1 aliphatic heterocycles. The van der Waals surface area contributed by atoms with E-state index in [0.717, 1.165) is 54.2 Å². The summed E-state index contributed by atoms with van der Waals surface area (Å²) in [5.74, 6) is 0.535. The molecule has 6 nitrogen and oxygen atoms in total. The zero-order valence-corrected chi connectivity index (χ0v) is 15.7. The Balaban J connectivity index is 1.57. The highest BCUT2D eigenvalue weighted by molar-refractivity contribution is 5.86. The van der Waals surface area contributed by atoms with Crippen LogP contribution in [0.2, 0.25) is 0 Å². The van der Waals surface area contributed by atoms with Crippen LogP contribution < -0.4 is 10.4 Å². The summed E-state index contributed by atoms with van der Waals surface area (Å²) in [7, 11) is 0. The Labute approximate surface area is 158 Å². The third-order valence-electron chi connectivity index (χ3n) is 5.52. The second-order valence-corrected chi connectivity index (χ2v) is 7.25. The van der Waals surface area contributed by atoms with Gasteiger partial charge in [-0.05, 0) is 56.7 Å². The standard InChI is InChI=1S/C21H25NO5/c1-14-18(26-13-19(23)22-9-4-11-25-12-10-22)8-7-16-15-5-2-3-6-17(15)21(24)27-20(14)16/h7-8H,2-6,9-13H2,1H3. The molecule has 6 heteroatoms. The van der Waals surface area contributed by atoms with Crippen LogP contribution in [0.15, 0.2) is 21.3 Å². The SMILES string of the molecule is Cc1c(OCC(=O)N2CCCOCC2)ccc2c3c(c(=O)oc12)CCCC3. The molecular formula is C21H25NO5. The fourth-order valence-electron chi connectivity index (χ4n) is 4.01. The number of fused-ring (bicyclic) bond motifs is 3. The summed E-state index contributed by atoms with van der Waals surface area (Å²) in [5.41, 5.74) is 3.04. The van der Waals surface area contributed by atoms with E-state index in [4.69, 9.17) is 13.9 Å². The van der Waals surface area contributed by atoms with Gasteiger partial charge in [0.2, 0.25) is 0 Å².